The van der Waals surface area contributed by atoms with E-state index in [1.54, 1.807) is 48.5 Å². The van der Waals surface area contributed by atoms with Crippen LogP contribution in [0.1, 0.15) is 21.7 Å². The van der Waals surface area contributed by atoms with Crippen molar-refractivity contribution < 1.29 is 19.1 Å². The number of nitrogens with two attached hydrogens (primary N) is 2. The summed E-state index contributed by atoms with van der Waals surface area (Å²) in [6, 6.07) is 12.3. The molecule has 0 aliphatic carbocycles. The highest BCUT2D eigenvalue weighted by Gasteiger charge is 2.14. The summed E-state index contributed by atoms with van der Waals surface area (Å²) >= 11 is 0. The fourth-order valence-electron chi connectivity index (χ4n) is 2.58. The summed E-state index contributed by atoms with van der Waals surface area (Å²) in [5, 5.41) is 19.7. The number of nitrogens with one attached hydrogen (secondary N) is 2. The van der Waals surface area contributed by atoms with Gasteiger partial charge in [-0.3, -0.25) is 15.0 Å². The first-order valence-electron chi connectivity index (χ1n) is 8.10. The van der Waals surface area contributed by atoms with Crippen molar-refractivity contribution in [3.8, 4) is 0 Å². The monoisotopic (exact) mass is 366 g/mol. The molecule has 0 saturated carbocycles. The van der Waals surface area contributed by atoms with E-state index in [2.05, 4.69) is 5.32 Å². The van der Waals surface area contributed by atoms with Crippen molar-refractivity contribution in [2.24, 2.45) is 11.5 Å². The van der Waals surface area contributed by atoms with E-state index in [9.17, 15) is 9.59 Å². The summed E-state index contributed by atoms with van der Waals surface area (Å²) in [5.41, 5.74) is 13.3. The molecule has 3 rings (SSSR count). The van der Waals surface area contributed by atoms with Gasteiger partial charge in [-0.25, -0.2) is 0 Å². The molecule has 0 fully saturated rings. The lowest BCUT2D eigenvalue weighted by atomic mass is 10.1. The molecule has 1 aromatic heterocycles. The Hall–Kier alpha value is -3.65. The Morgan fingerprint density at radius 2 is 1.85 bits per heavy atom. The fourth-order valence-corrected chi connectivity index (χ4v) is 2.58. The Balaban J connectivity index is 1.72. The molecule has 0 unspecified atom stereocenters. The zero-order chi connectivity index (χ0) is 19.6. The first-order valence-corrected chi connectivity index (χ1v) is 8.10. The first kappa shape index (κ1) is 18.2. The molecule has 0 aliphatic heterocycles. The Kier molecular flexibility index (Phi) is 4.91. The molecule has 0 bridgehead atoms. The van der Waals surface area contributed by atoms with Crippen LogP contribution in [0.25, 0.3) is 11.0 Å². The second kappa shape index (κ2) is 7.30. The van der Waals surface area contributed by atoms with Crippen molar-refractivity contribution in [3.05, 3.63) is 65.4 Å². The summed E-state index contributed by atoms with van der Waals surface area (Å²) in [7, 11) is 0. The quantitative estimate of drug-likeness (QED) is 0.331. The number of hydrogen-bond donors (Lipinski definition) is 5. The molecule has 2 aromatic carbocycles. The summed E-state index contributed by atoms with van der Waals surface area (Å²) in [6.07, 6.45) is 0.200. The number of amidine groups is 1. The van der Waals surface area contributed by atoms with E-state index >= 15 is 0 Å². The highest BCUT2D eigenvalue weighted by atomic mass is 16.4. The maximum atomic E-state index is 12.4. The van der Waals surface area contributed by atoms with Crippen LogP contribution in [0.4, 0.5) is 5.69 Å². The van der Waals surface area contributed by atoms with Crippen LogP contribution < -0.4 is 16.8 Å². The summed E-state index contributed by atoms with van der Waals surface area (Å²) in [5.74, 6) is -1.43. The van der Waals surface area contributed by atoms with Crippen molar-refractivity contribution in [2.75, 3.05) is 5.32 Å². The molecule has 3 aromatic rings. The molecule has 138 valence electrons. The molecule has 1 atom stereocenters. The van der Waals surface area contributed by atoms with Crippen LogP contribution in [-0.2, 0) is 11.2 Å². The molecular weight excluding hydrogens is 348 g/mol. The average Bonchev–Trinajstić information content (AvgIpc) is 3.06. The lowest BCUT2D eigenvalue weighted by molar-refractivity contribution is -0.138. The highest BCUT2D eigenvalue weighted by Crippen LogP contribution is 2.22. The molecular formula is C19H18N4O4. The van der Waals surface area contributed by atoms with Gasteiger partial charge in [-0.05, 0) is 48.4 Å². The van der Waals surface area contributed by atoms with E-state index in [0.717, 1.165) is 5.56 Å². The van der Waals surface area contributed by atoms with Crippen molar-refractivity contribution in [2.45, 2.75) is 12.5 Å². The van der Waals surface area contributed by atoms with Crippen LogP contribution >= 0.6 is 0 Å². The third kappa shape index (κ3) is 4.13. The van der Waals surface area contributed by atoms with E-state index < -0.39 is 17.9 Å². The third-order valence-electron chi connectivity index (χ3n) is 4.04. The number of hydrogen-bond acceptors (Lipinski definition) is 5. The number of benzene rings is 2. The van der Waals surface area contributed by atoms with Crippen LogP contribution in [-0.4, -0.2) is 28.9 Å². The SMILES string of the molecule is N=C(N)c1ccc2oc(C(=O)Nc3ccc(C[C@H](N)C(=O)O)cc3)cc2c1. The zero-order valence-electron chi connectivity index (χ0n) is 14.2. The minimum absolute atomic E-state index is 0.0631. The lowest BCUT2D eigenvalue weighted by Crippen LogP contribution is -2.32. The van der Waals surface area contributed by atoms with Gasteiger partial charge >= 0.3 is 5.97 Å². The molecule has 7 N–H and O–H groups in total. The molecule has 1 heterocycles. The second-order valence-corrected chi connectivity index (χ2v) is 6.08. The standard InChI is InChI=1S/C19H18N4O4/c20-14(19(25)26)7-10-1-4-13(5-2-10)23-18(24)16-9-12-8-11(17(21)22)3-6-15(12)27-16/h1-6,8-9,14H,7,20H2,(H3,21,22)(H,23,24)(H,25,26)/t14-/m0/s1. The number of carboxylic acids is 1. The van der Waals surface area contributed by atoms with Crippen LogP contribution in [0, 0.1) is 5.41 Å². The molecule has 8 nitrogen and oxygen atoms in total. The molecule has 0 spiro atoms. The molecule has 0 aliphatic rings. The predicted molar refractivity (Wildman–Crippen MR) is 101 cm³/mol. The fraction of sp³-hybridized carbons (Fsp3) is 0.105. The minimum atomic E-state index is -1.06. The summed E-state index contributed by atoms with van der Waals surface area (Å²) in [4.78, 5) is 23.2. The Bertz CT molecular complexity index is 1020. The van der Waals surface area contributed by atoms with Crippen LogP contribution in [0.3, 0.4) is 0 Å². The van der Waals surface area contributed by atoms with Gasteiger partial charge in [0, 0.05) is 16.6 Å². The van der Waals surface area contributed by atoms with Gasteiger partial charge in [0.25, 0.3) is 5.91 Å². The number of anilines is 1. The molecule has 8 heteroatoms. The van der Waals surface area contributed by atoms with E-state index in [1.807, 2.05) is 0 Å². The smallest absolute Gasteiger partial charge is 0.320 e. The van der Waals surface area contributed by atoms with Gasteiger partial charge in [0.2, 0.25) is 0 Å². The van der Waals surface area contributed by atoms with E-state index in [0.29, 0.717) is 22.2 Å². The van der Waals surface area contributed by atoms with Crippen LogP contribution in [0.15, 0.2) is 52.9 Å². The van der Waals surface area contributed by atoms with Crippen LogP contribution in [0.2, 0.25) is 0 Å². The summed E-state index contributed by atoms with van der Waals surface area (Å²) in [6.45, 7) is 0. The first-order chi connectivity index (χ1) is 12.8. The van der Waals surface area contributed by atoms with Gasteiger partial charge in [0.1, 0.15) is 17.5 Å². The normalized spacial score (nSPS) is 11.9. The molecule has 0 saturated heterocycles. The minimum Gasteiger partial charge on any atom is -0.480 e. The molecule has 27 heavy (non-hydrogen) atoms. The Labute approximate surface area is 154 Å². The molecule has 1 amide bonds. The number of carboxylic acid groups (broad SMARTS) is 1. The number of carbonyl (C=O) groups is 2. The topological polar surface area (TPSA) is 155 Å². The lowest BCUT2D eigenvalue weighted by Gasteiger charge is -2.08. The highest BCUT2D eigenvalue weighted by molar-refractivity contribution is 6.05. The Morgan fingerprint density at radius 3 is 2.48 bits per heavy atom. The Morgan fingerprint density at radius 1 is 1.15 bits per heavy atom. The van der Waals surface area contributed by atoms with Gasteiger partial charge in [-0.15, -0.1) is 0 Å². The number of amides is 1. The van der Waals surface area contributed by atoms with E-state index in [4.69, 9.17) is 26.4 Å². The van der Waals surface area contributed by atoms with E-state index in [1.165, 1.54) is 0 Å². The molecule has 0 radical (unpaired) electrons. The number of aliphatic carboxylic acids is 1. The predicted octanol–water partition coefficient (Wildman–Crippen LogP) is 1.92. The maximum absolute atomic E-state index is 12.4. The maximum Gasteiger partial charge on any atom is 0.320 e. The number of nitrogen functional groups attached to an aromatic ring is 1. The van der Waals surface area contributed by atoms with Gasteiger partial charge in [0.15, 0.2) is 5.76 Å². The van der Waals surface area contributed by atoms with Crippen molar-refractivity contribution in [3.63, 3.8) is 0 Å². The second-order valence-electron chi connectivity index (χ2n) is 6.08. The van der Waals surface area contributed by atoms with Gasteiger partial charge < -0.3 is 26.3 Å². The third-order valence-corrected chi connectivity index (χ3v) is 4.04. The van der Waals surface area contributed by atoms with Crippen molar-refractivity contribution in [1.82, 2.24) is 0 Å². The zero-order valence-corrected chi connectivity index (χ0v) is 14.2. The number of fused-ring (bicyclic) bond motifs is 1. The average molecular weight is 366 g/mol. The van der Waals surface area contributed by atoms with Crippen LogP contribution in [0.5, 0.6) is 0 Å². The van der Waals surface area contributed by atoms with Gasteiger partial charge in [-0.1, -0.05) is 12.1 Å². The van der Waals surface area contributed by atoms with Gasteiger partial charge in [-0.2, -0.15) is 0 Å². The van der Waals surface area contributed by atoms with Gasteiger partial charge in [0.05, 0.1) is 0 Å². The van der Waals surface area contributed by atoms with Crippen molar-refractivity contribution in [1.29, 1.82) is 5.41 Å². The number of rotatable bonds is 6. The summed E-state index contributed by atoms with van der Waals surface area (Å²) < 4.78 is 5.53. The largest absolute Gasteiger partial charge is 0.480 e. The van der Waals surface area contributed by atoms with E-state index in [-0.39, 0.29) is 18.0 Å². The number of carbonyl (C=O) groups excluding carboxylic acids is 1. The number of furan rings is 1. The van der Waals surface area contributed by atoms with Crippen molar-refractivity contribution >= 4 is 34.4 Å².